The van der Waals surface area contributed by atoms with Gasteiger partial charge in [0.15, 0.2) is 11.2 Å². The third-order valence-electron chi connectivity index (χ3n) is 3.82. The second kappa shape index (κ2) is 5.07. The number of nitrogens with zero attached hydrogens (tertiary/aromatic N) is 5. The zero-order chi connectivity index (χ0) is 15.3. The van der Waals surface area contributed by atoms with Gasteiger partial charge in [0.05, 0.1) is 15.7 Å². The first-order valence-electron chi connectivity index (χ1n) is 6.96. The van der Waals surface area contributed by atoms with E-state index in [4.69, 9.17) is 23.2 Å². The molecule has 3 aromatic rings. The molecule has 0 saturated carbocycles. The van der Waals surface area contributed by atoms with Crippen molar-refractivity contribution in [1.29, 1.82) is 0 Å². The maximum atomic E-state index is 12.5. The summed E-state index contributed by atoms with van der Waals surface area (Å²) in [6, 6.07) is 5.12. The van der Waals surface area contributed by atoms with E-state index in [1.807, 2.05) is 0 Å². The SMILES string of the molecule is O=c1c2nnn(-c3ccc(Cl)c(Cl)c3)c2nc2n1CCCC2. The third kappa shape index (κ3) is 2.02. The van der Waals surface area contributed by atoms with Gasteiger partial charge in [-0.3, -0.25) is 9.36 Å². The molecule has 0 spiro atoms. The lowest BCUT2D eigenvalue weighted by atomic mass is 10.1. The van der Waals surface area contributed by atoms with Gasteiger partial charge in [-0.25, -0.2) is 4.98 Å². The normalized spacial score (nSPS) is 14.3. The second-order valence-electron chi connectivity index (χ2n) is 5.21. The fourth-order valence-electron chi connectivity index (χ4n) is 2.71. The second-order valence-corrected chi connectivity index (χ2v) is 6.03. The molecule has 1 aromatic carbocycles. The maximum absolute atomic E-state index is 12.5. The first-order valence-corrected chi connectivity index (χ1v) is 7.71. The van der Waals surface area contributed by atoms with E-state index in [-0.39, 0.29) is 11.1 Å². The number of aromatic nitrogens is 5. The molecule has 0 unspecified atom stereocenters. The van der Waals surface area contributed by atoms with Gasteiger partial charge in [0, 0.05) is 13.0 Å². The van der Waals surface area contributed by atoms with Crippen molar-refractivity contribution >= 4 is 34.4 Å². The summed E-state index contributed by atoms with van der Waals surface area (Å²) in [6.07, 6.45) is 2.81. The lowest BCUT2D eigenvalue weighted by Crippen LogP contribution is -2.28. The van der Waals surface area contributed by atoms with Crippen LogP contribution in [0.25, 0.3) is 16.9 Å². The van der Waals surface area contributed by atoms with Crippen LogP contribution in [-0.4, -0.2) is 24.5 Å². The van der Waals surface area contributed by atoms with Crippen LogP contribution in [0, 0.1) is 0 Å². The summed E-state index contributed by atoms with van der Waals surface area (Å²) in [6.45, 7) is 0.691. The zero-order valence-electron chi connectivity index (χ0n) is 11.5. The molecular weight excluding hydrogens is 325 g/mol. The van der Waals surface area contributed by atoms with Crippen LogP contribution in [0.3, 0.4) is 0 Å². The van der Waals surface area contributed by atoms with Crippen molar-refractivity contribution < 1.29 is 0 Å². The quantitative estimate of drug-likeness (QED) is 0.685. The van der Waals surface area contributed by atoms with Crippen LogP contribution in [0.15, 0.2) is 23.0 Å². The Morgan fingerprint density at radius 1 is 1.14 bits per heavy atom. The standard InChI is InChI=1S/C14H11Cl2N5O/c15-9-5-4-8(7-10(9)16)21-13-12(18-19-21)14(22)20-6-2-1-3-11(20)17-13/h4-5,7H,1-3,6H2. The largest absolute Gasteiger partial charge is 0.295 e. The highest BCUT2D eigenvalue weighted by Gasteiger charge is 2.19. The molecule has 6 nitrogen and oxygen atoms in total. The fraction of sp³-hybridized carbons (Fsp3) is 0.286. The van der Waals surface area contributed by atoms with Crippen LogP contribution in [-0.2, 0) is 13.0 Å². The van der Waals surface area contributed by atoms with Crippen LogP contribution in [0.2, 0.25) is 10.0 Å². The molecular formula is C14H11Cl2N5O. The van der Waals surface area contributed by atoms with Gasteiger partial charge in [0.1, 0.15) is 5.82 Å². The van der Waals surface area contributed by atoms with Crippen molar-refractivity contribution in [2.75, 3.05) is 0 Å². The number of halogens is 2. The molecule has 0 fully saturated rings. The lowest BCUT2D eigenvalue weighted by molar-refractivity contribution is 0.500. The average molecular weight is 336 g/mol. The summed E-state index contributed by atoms with van der Waals surface area (Å²) < 4.78 is 3.22. The van der Waals surface area contributed by atoms with Crippen LogP contribution in [0.1, 0.15) is 18.7 Å². The van der Waals surface area contributed by atoms with Crippen LogP contribution < -0.4 is 5.56 Å². The van der Waals surface area contributed by atoms with Gasteiger partial charge in [-0.2, -0.15) is 4.68 Å². The Kier molecular flexibility index (Phi) is 3.16. The molecule has 22 heavy (non-hydrogen) atoms. The van der Waals surface area contributed by atoms with Crippen molar-refractivity contribution in [3.8, 4) is 5.69 Å². The van der Waals surface area contributed by atoms with Crippen molar-refractivity contribution in [2.45, 2.75) is 25.8 Å². The minimum atomic E-state index is -0.133. The van der Waals surface area contributed by atoms with Gasteiger partial charge < -0.3 is 0 Å². The molecule has 1 aliphatic rings. The fourth-order valence-corrected chi connectivity index (χ4v) is 3.00. The summed E-state index contributed by atoms with van der Waals surface area (Å²) in [4.78, 5) is 17.1. The molecule has 2 aromatic heterocycles. The summed E-state index contributed by atoms with van der Waals surface area (Å²) in [5.74, 6) is 0.785. The first-order chi connectivity index (χ1) is 10.6. The van der Waals surface area contributed by atoms with E-state index in [1.54, 1.807) is 22.8 Å². The Morgan fingerprint density at radius 2 is 2.00 bits per heavy atom. The number of hydrogen-bond donors (Lipinski definition) is 0. The predicted molar refractivity (Wildman–Crippen MR) is 83.9 cm³/mol. The predicted octanol–water partition coefficient (Wildman–Crippen LogP) is 2.62. The Balaban J connectivity index is 1.98. The van der Waals surface area contributed by atoms with Gasteiger partial charge in [-0.05, 0) is 31.0 Å². The van der Waals surface area contributed by atoms with Gasteiger partial charge in [-0.15, -0.1) is 5.10 Å². The van der Waals surface area contributed by atoms with E-state index in [0.29, 0.717) is 27.9 Å². The number of aryl methyl sites for hydroxylation is 1. The highest BCUT2D eigenvalue weighted by molar-refractivity contribution is 6.42. The highest BCUT2D eigenvalue weighted by atomic mass is 35.5. The molecule has 0 aliphatic carbocycles. The minimum Gasteiger partial charge on any atom is -0.295 e. The summed E-state index contributed by atoms with van der Waals surface area (Å²) >= 11 is 12.0. The average Bonchev–Trinajstić information content (AvgIpc) is 2.94. The molecule has 3 heterocycles. The molecule has 0 atom stereocenters. The van der Waals surface area contributed by atoms with Crippen molar-refractivity contribution in [1.82, 2.24) is 24.5 Å². The molecule has 0 radical (unpaired) electrons. The molecule has 8 heteroatoms. The molecule has 0 amide bonds. The minimum absolute atomic E-state index is 0.133. The summed E-state index contributed by atoms with van der Waals surface area (Å²) in [7, 11) is 0. The van der Waals surface area contributed by atoms with E-state index in [1.165, 1.54) is 4.68 Å². The van der Waals surface area contributed by atoms with Gasteiger partial charge in [-0.1, -0.05) is 28.4 Å². The van der Waals surface area contributed by atoms with E-state index < -0.39 is 0 Å². The maximum Gasteiger partial charge on any atom is 0.283 e. The van der Waals surface area contributed by atoms with E-state index in [2.05, 4.69) is 15.3 Å². The lowest BCUT2D eigenvalue weighted by Gasteiger charge is -2.16. The van der Waals surface area contributed by atoms with Crippen LogP contribution in [0.4, 0.5) is 0 Å². The number of rotatable bonds is 1. The van der Waals surface area contributed by atoms with Crippen molar-refractivity contribution in [3.05, 3.63) is 44.4 Å². The molecule has 0 N–H and O–H groups in total. The number of benzene rings is 1. The van der Waals surface area contributed by atoms with Crippen molar-refractivity contribution in [3.63, 3.8) is 0 Å². The molecule has 0 bridgehead atoms. The Labute approximate surface area is 135 Å². The first kappa shape index (κ1) is 13.7. The molecule has 4 rings (SSSR count). The molecule has 0 saturated heterocycles. The van der Waals surface area contributed by atoms with Crippen molar-refractivity contribution in [2.24, 2.45) is 0 Å². The summed E-state index contributed by atoms with van der Waals surface area (Å²) in [5.41, 5.74) is 1.27. The Morgan fingerprint density at radius 3 is 2.82 bits per heavy atom. The van der Waals surface area contributed by atoms with Crippen LogP contribution >= 0.6 is 23.2 Å². The van der Waals surface area contributed by atoms with Gasteiger partial charge in [0.25, 0.3) is 5.56 Å². The smallest absolute Gasteiger partial charge is 0.283 e. The molecule has 1 aliphatic heterocycles. The zero-order valence-corrected chi connectivity index (χ0v) is 13.0. The number of fused-ring (bicyclic) bond motifs is 2. The third-order valence-corrected chi connectivity index (χ3v) is 4.56. The Hall–Kier alpha value is -1.92. The summed E-state index contributed by atoms with van der Waals surface area (Å²) in [5, 5.41) is 8.93. The Bertz CT molecular complexity index is 946. The van der Waals surface area contributed by atoms with E-state index >= 15 is 0 Å². The monoisotopic (exact) mass is 335 g/mol. The van der Waals surface area contributed by atoms with Gasteiger partial charge in [0.2, 0.25) is 0 Å². The van der Waals surface area contributed by atoms with Gasteiger partial charge >= 0.3 is 0 Å². The highest BCUT2D eigenvalue weighted by Crippen LogP contribution is 2.25. The van der Waals surface area contributed by atoms with Crippen LogP contribution in [0.5, 0.6) is 0 Å². The topological polar surface area (TPSA) is 65.6 Å². The van der Waals surface area contributed by atoms with E-state index in [9.17, 15) is 4.79 Å². The van der Waals surface area contributed by atoms with E-state index in [0.717, 1.165) is 25.1 Å². The number of hydrogen-bond acceptors (Lipinski definition) is 4. The molecule has 112 valence electrons.